The molecule has 1 atom stereocenters. The highest BCUT2D eigenvalue weighted by Crippen LogP contribution is 2.30. The monoisotopic (exact) mass is 248 g/mol. The highest BCUT2D eigenvalue weighted by molar-refractivity contribution is 5.52. The molecule has 1 heterocycles. The number of ether oxygens (including phenoxy) is 1. The molecule has 0 bridgehead atoms. The quantitative estimate of drug-likeness (QED) is 0.871. The van der Waals surface area contributed by atoms with Crippen LogP contribution >= 0.6 is 0 Å². The van der Waals surface area contributed by atoms with Crippen molar-refractivity contribution in [2.75, 3.05) is 25.1 Å². The van der Waals surface area contributed by atoms with Crippen molar-refractivity contribution < 1.29 is 4.74 Å². The van der Waals surface area contributed by atoms with E-state index in [2.05, 4.69) is 43.1 Å². The van der Waals surface area contributed by atoms with Crippen LogP contribution in [-0.4, -0.2) is 31.8 Å². The number of methoxy groups -OCH3 is 1. The molecule has 0 aromatic heterocycles. The highest BCUT2D eigenvalue weighted by atomic mass is 16.5. The first-order valence-electron chi connectivity index (χ1n) is 6.69. The van der Waals surface area contributed by atoms with Gasteiger partial charge >= 0.3 is 0 Å². The van der Waals surface area contributed by atoms with Crippen LogP contribution in [0.5, 0.6) is 5.75 Å². The minimum atomic E-state index is 0.129. The predicted molar refractivity (Wildman–Crippen MR) is 76.5 cm³/mol. The van der Waals surface area contributed by atoms with Crippen LogP contribution in [0.3, 0.4) is 0 Å². The molecule has 100 valence electrons. The normalized spacial score (nSPS) is 23.6. The maximum absolute atomic E-state index is 5.23. The van der Waals surface area contributed by atoms with Crippen LogP contribution in [0.15, 0.2) is 24.3 Å². The zero-order valence-corrected chi connectivity index (χ0v) is 11.9. The first-order valence-corrected chi connectivity index (χ1v) is 6.69. The molecule has 1 N–H and O–H groups in total. The van der Waals surface area contributed by atoms with E-state index in [1.54, 1.807) is 7.11 Å². The fourth-order valence-corrected chi connectivity index (χ4v) is 2.86. The largest absolute Gasteiger partial charge is 0.497 e. The lowest BCUT2D eigenvalue weighted by Crippen LogP contribution is -2.51. The summed E-state index contributed by atoms with van der Waals surface area (Å²) in [5.41, 5.74) is 1.40. The zero-order valence-electron chi connectivity index (χ0n) is 11.9. The van der Waals surface area contributed by atoms with Crippen molar-refractivity contribution in [3.8, 4) is 5.75 Å². The molecule has 18 heavy (non-hydrogen) atoms. The molecule has 1 aliphatic heterocycles. The molecule has 3 heteroatoms. The van der Waals surface area contributed by atoms with Crippen molar-refractivity contribution >= 4 is 5.69 Å². The molecule has 3 nitrogen and oxygen atoms in total. The zero-order chi connectivity index (χ0) is 13.2. The fraction of sp³-hybridized carbons (Fsp3) is 0.600. The van der Waals surface area contributed by atoms with Crippen LogP contribution < -0.4 is 15.0 Å². The summed E-state index contributed by atoms with van der Waals surface area (Å²) in [5.74, 6) is 0.914. The van der Waals surface area contributed by atoms with Gasteiger partial charge in [-0.2, -0.15) is 0 Å². The molecule has 0 amide bonds. The number of nitrogens with one attached hydrogen (secondary N) is 1. The molecule has 0 aliphatic carbocycles. The molecule has 0 radical (unpaired) electrons. The lowest BCUT2D eigenvalue weighted by molar-refractivity contribution is 0.413. The SMILES string of the molecule is COc1ccc(N2C(C)CCNCC2(C)C)cc1. The first-order chi connectivity index (χ1) is 8.54. The van der Waals surface area contributed by atoms with Crippen molar-refractivity contribution in [2.24, 2.45) is 0 Å². The maximum atomic E-state index is 5.23. The molecular formula is C15H24N2O. The van der Waals surface area contributed by atoms with E-state index >= 15 is 0 Å². The van der Waals surface area contributed by atoms with Gasteiger partial charge in [-0.1, -0.05) is 0 Å². The Bertz CT molecular complexity index is 386. The summed E-state index contributed by atoms with van der Waals surface area (Å²) in [6.07, 6.45) is 1.18. The van der Waals surface area contributed by atoms with Gasteiger partial charge in [0, 0.05) is 23.8 Å². The second-order valence-corrected chi connectivity index (χ2v) is 5.69. The third-order valence-electron chi connectivity index (χ3n) is 3.74. The van der Waals surface area contributed by atoms with Gasteiger partial charge in [-0.25, -0.2) is 0 Å². The number of nitrogens with zero attached hydrogens (tertiary/aromatic N) is 1. The van der Waals surface area contributed by atoms with E-state index in [0.29, 0.717) is 6.04 Å². The Hall–Kier alpha value is -1.22. The Morgan fingerprint density at radius 1 is 1.28 bits per heavy atom. The molecule has 0 saturated carbocycles. The molecular weight excluding hydrogens is 224 g/mol. The van der Waals surface area contributed by atoms with Crippen molar-refractivity contribution in [1.29, 1.82) is 0 Å². The van der Waals surface area contributed by atoms with E-state index in [9.17, 15) is 0 Å². The summed E-state index contributed by atoms with van der Waals surface area (Å²) < 4.78 is 5.23. The Morgan fingerprint density at radius 3 is 2.56 bits per heavy atom. The summed E-state index contributed by atoms with van der Waals surface area (Å²) in [7, 11) is 1.71. The van der Waals surface area contributed by atoms with Gasteiger partial charge in [0.05, 0.1) is 7.11 Å². The first kappa shape index (κ1) is 13.2. The number of benzene rings is 1. The minimum Gasteiger partial charge on any atom is -0.497 e. The van der Waals surface area contributed by atoms with Crippen molar-refractivity contribution in [1.82, 2.24) is 5.32 Å². The lowest BCUT2D eigenvalue weighted by atomic mass is 9.99. The summed E-state index contributed by atoms with van der Waals surface area (Å²) in [6.45, 7) is 9.01. The van der Waals surface area contributed by atoms with Gasteiger partial charge in [-0.15, -0.1) is 0 Å². The Kier molecular flexibility index (Phi) is 3.81. The van der Waals surface area contributed by atoms with E-state index in [0.717, 1.165) is 18.8 Å². The van der Waals surface area contributed by atoms with Gasteiger partial charge in [-0.05, 0) is 58.0 Å². The van der Waals surface area contributed by atoms with Crippen molar-refractivity contribution in [3.63, 3.8) is 0 Å². The predicted octanol–water partition coefficient (Wildman–Crippen LogP) is 2.66. The molecule has 2 rings (SSSR count). The van der Waals surface area contributed by atoms with Crippen LogP contribution in [0.2, 0.25) is 0 Å². The van der Waals surface area contributed by atoms with Gasteiger partial charge in [0.15, 0.2) is 0 Å². The fourth-order valence-electron chi connectivity index (χ4n) is 2.86. The summed E-state index contributed by atoms with van der Waals surface area (Å²) in [4.78, 5) is 2.52. The van der Waals surface area contributed by atoms with Crippen molar-refractivity contribution in [3.05, 3.63) is 24.3 Å². The Labute approximate surface area is 110 Å². The molecule has 1 unspecified atom stereocenters. The van der Waals surface area contributed by atoms with Crippen LogP contribution in [0.1, 0.15) is 27.2 Å². The molecule has 1 fully saturated rings. The third-order valence-corrected chi connectivity index (χ3v) is 3.74. The molecule has 1 aliphatic rings. The molecule has 0 spiro atoms. The topological polar surface area (TPSA) is 24.5 Å². The summed E-state index contributed by atoms with van der Waals surface area (Å²) >= 11 is 0. The molecule has 1 aromatic rings. The number of anilines is 1. The number of hydrogen-bond donors (Lipinski definition) is 1. The molecule has 1 saturated heterocycles. The second-order valence-electron chi connectivity index (χ2n) is 5.69. The smallest absolute Gasteiger partial charge is 0.119 e. The van der Waals surface area contributed by atoms with Gasteiger partial charge in [0.1, 0.15) is 5.75 Å². The van der Waals surface area contributed by atoms with Gasteiger partial charge < -0.3 is 15.0 Å². The van der Waals surface area contributed by atoms with Crippen LogP contribution in [-0.2, 0) is 0 Å². The summed E-state index contributed by atoms with van der Waals surface area (Å²) in [6, 6.07) is 8.93. The Morgan fingerprint density at radius 2 is 1.94 bits per heavy atom. The Balaban J connectivity index is 2.31. The average molecular weight is 248 g/mol. The van der Waals surface area contributed by atoms with E-state index in [4.69, 9.17) is 4.74 Å². The number of hydrogen-bond acceptors (Lipinski definition) is 3. The lowest BCUT2D eigenvalue weighted by Gasteiger charge is -2.42. The van der Waals surface area contributed by atoms with Gasteiger partial charge in [-0.3, -0.25) is 0 Å². The van der Waals surface area contributed by atoms with Crippen LogP contribution in [0.25, 0.3) is 0 Å². The van der Waals surface area contributed by atoms with E-state index in [1.807, 2.05) is 12.1 Å². The van der Waals surface area contributed by atoms with E-state index in [1.165, 1.54) is 12.1 Å². The standard InChI is InChI=1S/C15H24N2O/c1-12-9-10-16-11-15(2,3)17(12)13-5-7-14(18-4)8-6-13/h5-8,12,16H,9-11H2,1-4H3. The van der Waals surface area contributed by atoms with Crippen LogP contribution in [0.4, 0.5) is 5.69 Å². The minimum absolute atomic E-state index is 0.129. The van der Waals surface area contributed by atoms with Crippen molar-refractivity contribution in [2.45, 2.75) is 38.8 Å². The summed E-state index contributed by atoms with van der Waals surface area (Å²) in [5, 5.41) is 3.52. The van der Waals surface area contributed by atoms with Gasteiger partial charge in [0.2, 0.25) is 0 Å². The van der Waals surface area contributed by atoms with E-state index in [-0.39, 0.29) is 5.54 Å². The van der Waals surface area contributed by atoms with Gasteiger partial charge in [0.25, 0.3) is 0 Å². The number of rotatable bonds is 2. The average Bonchev–Trinajstić information content (AvgIpc) is 2.48. The molecule has 1 aromatic carbocycles. The van der Waals surface area contributed by atoms with E-state index < -0.39 is 0 Å². The second kappa shape index (κ2) is 5.19. The highest BCUT2D eigenvalue weighted by Gasteiger charge is 2.32. The van der Waals surface area contributed by atoms with Crippen LogP contribution in [0, 0.1) is 0 Å². The maximum Gasteiger partial charge on any atom is 0.119 e. The third kappa shape index (κ3) is 2.61.